The van der Waals surface area contributed by atoms with E-state index in [1.165, 1.54) is 6.92 Å². The Hall–Kier alpha value is -3.28. The van der Waals surface area contributed by atoms with E-state index in [1.807, 2.05) is 0 Å². The van der Waals surface area contributed by atoms with Gasteiger partial charge in [0, 0.05) is 0 Å². The van der Waals surface area contributed by atoms with Crippen LogP contribution in [-0.2, 0) is 20.9 Å². The molecule has 0 spiro atoms. The first-order valence-corrected chi connectivity index (χ1v) is 9.19. The Morgan fingerprint density at radius 2 is 2.04 bits per heavy atom. The number of fused-ring (bicyclic) bond motifs is 1. The zero-order valence-electron chi connectivity index (χ0n) is 15.6. The van der Waals surface area contributed by atoms with E-state index >= 15 is 0 Å². The summed E-state index contributed by atoms with van der Waals surface area (Å²) in [6.45, 7) is 0.966. The van der Waals surface area contributed by atoms with Crippen LogP contribution < -0.4 is 10.9 Å². The molecule has 146 valence electrons. The summed E-state index contributed by atoms with van der Waals surface area (Å²) in [4.78, 5) is 36.9. The molecule has 0 saturated heterocycles. The highest BCUT2D eigenvalue weighted by Crippen LogP contribution is 2.27. The lowest BCUT2D eigenvalue weighted by Gasteiger charge is -2.32. The minimum atomic E-state index is -1.09. The zero-order valence-corrected chi connectivity index (χ0v) is 15.6. The van der Waals surface area contributed by atoms with E-state index in [0.717, 1.165) is 23.9 Å². The lowest BCUT2D eigenvalue weighted by Crippen LogP contribution is -2.52. The number of benzene rings is 1. The first-order chi connectivity index (χ1) is 13.4. The van der Waals surface area contributed by atoms with Gasteiger partial charge in [0.15, 0.2) is 6.10 Å². The average molecular weight is 383 g/mol. The number of nitrogens with zero attached hydrogens (tertiary/aromatic N) is 4. The van der Waals surface area contributed by atoms with Gasteiger partial charge in [-0.3, -0.25) is 14.4 Å². The molecule has 0 aliphatic heterocycles. The van der Waals surface area contributed by atoms with Gasteiger partial charge in [0.2, 0.25) is 0 Å². The number of rotatable bonds is 5. The number of carbonyl (C=O) groups excluding carboxylic acids is 2. The maximum atomic E-state index is 12.4. The van der Waals surface area contributed by atoms with Crippen LogP contribution in [0.15, 0.2) is 29.1 Å². The van der Waals surface area contributed by atoms with Crippen molar-refractivity contribution >= 4 is 22.8 Å². The lowest BCUT2D eigenvalue weighted by atomic mass is 9.83. The summed E-state index contributed by atoms with van der Waals surface area (Å²) in [6, 6.07) is 8.85. The molecule has 1 aliphatic carbocycles. The van der Waals surface area contributed by atoms with Crippen molar-refractivity contribution in [2.45, 2.75) is 57.2 Å². The SMILES string of the molecule is CC(OC(=O)Cn1nnc2ccccc2c1=O)C(=O)NC1(C#N)CCCCC1. The molecule has 1 aromatic carbocycles. The van der Waals surface area contributed by atoms with Gasteiger partial charge in [-0.25, -0.2) is 0 Å². The number of nitriles is 1. The van der Waals surface area contributed by atoms with Gasteiger partial charge in [0.05, 0.1) is 11.5 Å². The van der Waals surface area contributed by atoms with Crippen molar-refractivity contribution in [2.75, 3.05) is 0 Å². The van der Waals surface area contributed by atoms with Gasteiger partial charge in [0.1, 0.15) is 17.6 Å². The molecule has 1 atom stereocenters. The van der Waals surface area contributed by atoms with Gasteiger partial charge in [-0.1, -0.05) is 36.6 Å². The van der Waals surface area contributed by atoms with Crippen LogP contribution in [0.1, 0.15) is 39.0 Å². The number of aromatic nitrogens is 3. The predicted octanol–water partition coefficient (Wildman–Crippen LogP) is 1.07. The van der Waals surface area contributed by atoms with Crippen LogP contribution in [0.2, 0.25) is 0 Å². The number of carbonyl (C=O) groups is 2. The molecule has 9 heteroatoms. The van der Waals surface area contributed by atoms with Gasteiger partial charge in [-0.15, -0.1) is 5.10 Å². The minimum Gasteiger partial charge on any atom is -0.451 e. The highest BCUT2D eigenvalue weighted by molar-refractivity contribution is 5.84. The Balaban J connectivity index is 1.63. The third kappa shape index (κ3) is 4.17. The smallest absolute Gasteiger partial charge is 0.328 e. The Morgan fingerprint density at radius 1 is 1.32 bits per heavy atom. The topological polar surface area (TPSA) is 127 Å². The van der Waals surface area contributed by atoms with Crippen molar-refractivity contribution in [3.8, 4) is 6.07 Å². The van der Waals surface area contributed by atoms with Crippen LogP contribution in [0.4, 0.5) is 0 Å². The van der Waals surface area contributed by atoms with Crippen LogP contribution in [-0.4, -0.2) is 38.5 Å². The number of amides is 1. The first-order valence-electron chi connectivity index (χ1n) is 9.19. The van der Waals surface area contributed by atoms with E-state index < -0.39 is 35.6 Å². The van der Waals surface area contributed by atoms with Crippen molar-refractivity contribution < 1.29 is 14.3 Å². The summed E-state index contributed by atoms with van der Waals surface area (Å²) >= 11 is 0. The predicted molar refractivity (Wildman–Crippen MR) is 98.9 cm³/mol. The fourth-order valence-corrected chi connectivity index (χ4v) is 3.29. The molecule has 1 saturated carbocycles. The van der Waals surface area contributed by atoms with E-state index in [9.17, 15) is 19.6 Å². The standard InChI is InChI=1S/C19H21N5O4/c1-13(17(26)21-19(12-20)9-5-2-6-10-19)28-16(25)11-24-18(27)14-7-3-4-8-15(14)22-23-24/h3-4,7-8,13H,2,5-6,9-11H2,1H3,(H,21,26). The van der Waals surface area contributed by atoms with Gasteiger partial charge in [-0.05, 0) is 31.9 Å². The van der Waals surface area contributed by atoms with E-state index in [0.29, 0.717) is 23.7 Å². The average Bonchev–Trinajstić information content (AvgIpc) is 2.71. The van der Waals surface area contributed by atoms with Gasteiger partial charge in [-0.2, -0.15) is 9.94 Å². The van der Waals surface area contributed by atoms with Crippen LogP contribution in [0.25, 0.3) is 10.9 Å². The summed E-state index contributed by atoms with van der Waals surface area (Å²) in [5.74, 6) is -1.32. The summed E-state index contributed by atoms with van der Waals surface area (Å²) < 4.78 is 6.02. The largest absolute Gasteiger partial charge is 0.451 e. The molecule has 1 unspecified atom stereocenters. The molecule has 1 aliphatic rings. The van der Waals surface area contributed by atoms with E-state index in [-0.39, 0.29) is 0 Å². The summed E-state index contributed by atoms with van der Waals surface area (Å²) in [6.07, 6.45) is 2.84. The molecule has 1 fully saturated rings. The number of hydrogen-bond acceptors (Lipinski definition) is 7. The molecule has 1 heterocycles. The number of ether oxygens (including phenoxy) is 1. The van der Waals surface area contributed by atoms with Crippen molar-refractivity contribution in [2.24, 2.45) is 0 Å². The fourth-order valence-electron chi connectivity index (χ4n) is 3.29. The molecule has 1 amide bonds. The second-order valence-corrected chi connectivity index (χ2v) is 6.95. The second-order valence-electron chi connectivity index (χ2n) is 6.95. The summed E-state index contributed by atoms with van der Waals surface area (Å²) in [7, 11) is 0. The Morgan fingerprint density at radius 3 is 2.75 bits per heavy atom. The molecule has 1 aromatic heterocycles. The highest BCUT2D eigenvalue weighted by Gasteiger charge is 2.35. The molecular weight excluding hydrogens is 362 g/mol. The van der Waals surface area contributed by atoms with Gasteiger partial charge < -0.3 is 10.1 Å². The maximum Gasteiger partial charge on any atom is 0.328 e. The highest BCUT2D eigenvalue weighted by atomic mass is 16.5. The van der Waals surface area contributed by atoms with Crippen molar-refractivity contribution in [1.29, 1.82) is 5.26 Å². The third-order valence-electron chi connectivity index (χ3n) is 4.87. The molecule has 28 heavy (non-hydrogen) atoms. The number of esters is 1. The summed E-state index contributed by atoms with van der Waals surface area (Å²) in [5.41, 5.74) is -0.944. The lowest BCUT2D eigenvalue weighted by molar-refractivity contribution is -0.156. The molecule has 0 radical (unpaired) electrons. The quantitative estimate of drug-likeness (QED) is 0.765. The molecule has 3 rings (SSSR count). The van der Waals surface area contributed by atoms with Crippen molar-refractivity contribution in [3.05, 3.63) is 34.6 Å². The summed E-state index contributed by atoms with van der Waals surface area (Å²) in [5, 5.41) is 20.1. The molecular formula is C19H21N5O4. The van der Waals surface area contributed by atoms with Crippen LogP contribution in [0.5, 0.6) is 0 Å². The molecule has 1 N–H and O–H groups in total. The minimum absolute atomic E-state index is 0.337. The normalized spacial score (nSPS) is 16.7. The second kappa shape index (κ2) is 8.17. The Labute approximate surface area is 161 Å². The number of nitrogens with one attached hydrogen (secondary N) is 1. The first kappa shape index (κ1) is 19.5. The zero-order chi connectivity index (χ0) is 20.1. The molecule has 9 nitrogen and oxygen atoms in total. The van der Waals surface area contributed by atoms with Gasteiger partial charge >= 0.3 is 5.97 Å². The monoisotopic (exact) mass is 383 g/mol. The van der Waals surface area contributed by atoms with Crippen LogP contribution >= 0.6 is 0 Å². The van der Waals surface area contributed by atoms with Crippen molar-refractivity contribution in [3.63, 3.8) is 0 Å². The van der Waals surface area contributed by atoms with E-state index in [2.05, 4.69) is 21.7 Å². The van der Waals surface area contributed by atoms with E-state index in [4.69, 9.17) is 4.74 Å². The Kier molecular flexibility index (Phi) is 5.68. The molecule has 0 bridgehead atoms. The Bertz CT molecular complexity index is 988. The third-order valence-corrected chi connectivity index (χ3v) is 4.87. The van der Waals surface area contributed by atoms with E-state index in [1.54, 1.807) is 24.3 Å². The fraction of sp³-hybridized carbons (Fsp3) is 0.474. The maximum absolute atomic E-state index is 12.4. The van der Waals surface area contributed by atoms with Crippen LogP contribution in [0.3, 0.4) is 0 Å². The van der Waals surface area contributed by atoms with Crippen LogP contribution in [0, 0.1) is 11.3 Å². The number of hydrogen-bond donors (Lipinski definition) is 1. The van der Waals surface area contributed by atoms with Gasteiger partial charge in [0.25, 0.3) is 11.5 Å². The molecule has 2 aromatic rings. The van der Waals surface area contributed by atoms with Crippen molar-refractivity contribution in [1.82, 2.24) is 20.3 Å².